The average molecular weight is 663 g/mol. The lowest BCUT2D eigenvalue weighted by Crippen LogP contribution is -2.60. The van der Waals surface area contributed by atoms with Gasteiger partial charge in [-0.05, 0) is 53.9 Å². The molecule has 47 heavy (non-hydrogen) atoms. The molecular weight excluding hydrogens is 624 g/mol. The molecule has 1 aliphatic rings. The molecule has 0 saturated carbocycles. The SMILES string of the molecule is [2H]CC(=O)OC[C@H]1OC(n2cc(Cc3ccc(-c4cccc(C#N)c4)s3)c3c(C)cccc32)[C@H](OC(=O)C[2H])[C@@H](OC(=O)C[2H])[C@@H]1OC(=O)C[2H]. The van der Waals surface area contributed by atoms with E-state index in [4.69, 9.17) is 29.2 Å². The van der Waals surface area contributed by atoms with Gasteiger partial charge in [-0.1, -0.05) is 24.3 Å². The maximum absolute atomic E-state index is 12.7. The van der Waals surface area contributed by atoms with Crippen molar-refractivity contribution >= 4 is 46.1 Å². The standard InChI is InChI=1S/C35H34N2O9S/c1-19-8-6-11-28-31(19)26(15-27-12-13-30(47-27)25-10-7-9-24(14-25)16-36)17-37(28)35-34(45-23(5)41)33(44-22(4)40)32(43-21(3)39)29(46-35)18-42-20(2)38/h6-14,17,29,32-35H,15,18H2,1-5H3/t29-,32-,33+,34-,35?/m1/s1/i2D,3D,4D,5D. The zero-order valence-electron chi connectivity index (χ0n) is 29.4. The minimum Gasteiger partial charge on any atom is -0.463 e. The van der Waals surface area contributed by atoms with E-state index in [0.717, 1.165) is 31.8 Å². The molecule has 1 saturated heterocycles. The number of esters is 4. The highest BCUT2D eigenvalue weighted by Crippen LogP contribution is 2.39. The van der Waals surface area contributed by atoms with E-state index in [1.165, 1.54) is 0 Å². The van der Waals surface area contributed by atoms with Gasteiger partial charge in [-0.15, -0.1) is 11.3 Å². The maximum Gasteiger partial charge on any atom is 0.303 e. The van der Waals surface area contributed by atoms with Crippen LogP contribution in [0.1, 0.15) is 60.9 Å². The molecule has 244 valence electrons. The van der Waals surface area contributed by atoms with Crippen LogP contribution in [0.5, 0.6) is 0 Å². The van der Waals surface area contributed by atoms with E-state index >= 15 is 0 Å². The molecule has 1 aliphatic heterocycles. The molecule has 0 spiro atoms. The highest BCUT2D eigenvalue weighted by molar-refractivity contribution is 7.15. The molecule has 0 bridgehead atoms. The maximum atomic E-state index is 12.7. The van der Waals surface area contributed by atoms with Crippen molar-refractivity contribution in [1.82, 2.24) is 4.57 Å². The molecule has 1 unspecified atom stereocenters. The summed E-state index contributed by atoms with van der Waals surface area (Å²) in [6.07, 6.45) is -5.09. The Kier molecular flexibility index (Phi) is 8.53. The van der Waals surface area contributed by atoms with E-state index in [1.54, 1.807) is 28.2 Å². The number of nitrogens with zero attached hydrogens (tertiary/aromatic N) is 2. The van der Waals surface area contributed by atoms with Crippen molar-refractivity contribution in [3.63, 3.8) is 0 Å². The molecule has 5 rings (SSSR count). The molecule has 11 nitrogen and oxygen atoms in total. The second-order valence-electron chi connectivity index (χ2n) is 10.8. The zero-order chi connectivity index (χ0) is 36.7. The summed E-state index contributed by atoms with van der Waals surface area (Å²) in [4.78, 5) is 51.8. The Morgan fingerprint density at radius 2 is 1.62 bits per heavy atom. The van der Waals surface area contributed by atoms with Crippen molar-refractivity contribution in [1.29, 1.82) is 5.26 Å². The largest absolute Gasteiger partial charge is 0.463 e. The van der Waals surface area contributed by atoms with Gasteiger partial charge in [-0.3, -0.25) is 19.2 Å². The van der Waals surface area contributed by atoms with Gasteiger partial charge in [0, 0.05) is 60.8 Å². The van der Waals surface area contributed by atoms with Gasteiger partial charge < -0.3 is 28.3 Å². The summed E-state index contributed by atoms with van der Waals surface area (Å²) in [5, 5.41) is 10.2. The fourth-order valence-electron chi connectivity index (χ4n) is 5.78. The Bertz CT molecular complexity index is 1960. The number of carbonyl (C=O) groups excluding carboxylic acids is 4. The molecule has 0 radical (unpaired) electrons. The van der Waals surface area contributed by atoms with Crippen LogP contribution >= 0.6 is 11.3 Å². The molecule has 0 N–H and O–H groups in total. The van der Waals surface area contributed by atoms with Crippen LogP contribution in [0.3, 0.4) is 0 Å². The third-order valence-corrected chi connectivity index (χ3v) is 8.68. The molecule has 2 aromatic heterocycles. The predicted molar refractivity (Wildman–Crippen MR) is 171 cm³/mol. The van der Waals surface area contributed by atoms with Crippen molar-refractivity contribution in [2.24, 2.45) is 0 Å². The number of thiophene rings is 1. The monoisotopic (exact) mass is 662 g/mol. The number of rotatable bonds is 9. The lowest BCUT2D eigenvalue weighted by atomic mass is 9.97. The summed E-state index contributed by atoms with van der Waals surface area (Å²) in [5.74, 6) is -4.02. The van der Waals surface area contributed by atoms with Crippen LogP contribution in [0.2, 0.25) is 0 Å². The van der Waals surface area contributed by atoms with Gasteiger partial charge in [0.05, 0.1) is 17.1 Å². The minimum atomic E-state index is -1.61. The van der Waals surface area contributed by atoms with Gasteiger partial charge in [0.25, 0.3) is 0 Å². The first-order valence-electron chi connectivity index (χ1n) is 17.2. The molecule has 0 amide bonds. The number of hydrogen-bond acceptors (Lipinski definition) is 11. The van der Waals surface area contributed by atoms with Crippen LogP contribution in [-0.2, 0) is 49.3 Å². The van der Waals surface area contributed by atoms with Crippen molar-refractivity contribution in [2.45, 2.75) is 71.6 Å². The van der Waals surface area contributed by atoms with Gasteiger partial charge in [-0.25, -0.2) is 0 Å². The highest BCUT2D eigenvalue weighted by atomic mass is 32.1. The van der Waals surface area contributed by atoms with Crippen molar-refractivity contribution < 1.29 is 48.3 Å². The minimum absolute atomic E-state index is 0.465. The summed E-state index contributed by atoms with van der Waals surface area (Å²) in [5.41, 5.74) is 3.86. The van der Waals surface area contributed by atoms with E-state index in [0.29, 0.717) is 17.5 Å². The molecule has 0 aliphatic carbocycles. The number of hydrogen-bond donors (Lipinski definition) is 0. The van der Waals surface area contributed by atoms with Crippen LogP contribution in [0.4, 0.5) is 0 Å². The first-order valence-corrected chi connectivity index (χ1v) is 15.2. The summed E-state index contributed by atoms with van der Waals surface area (Å²) in [7, 11) is 0. The molecule has 12 heteroatoms. The molecular formula is C35H34N2O9S. The number of fused-ring (bicyclic) bond motifs is 1. The van der Waals surface area contributed by atoms with Gasteiger partial charge in [0.2, 0.25) is 0 Å². The van der Waals surface area contributed by atoms with E-state index in [-0.39, 0.29) is 0 Å². The number of benzene rings is 2. The van der Waals surface area contributed by atoms with Crippen molar-refractivity contribution in [3.05, 3.63) is 82.4 Å². The third-order valence-electron chi connectivity index (χ3n) is 7.54. The normalized spacial score (nSPS) is 21.7. The zero-order valence-corrected chi connectivity index (χ0v) is 26.2. The summed E-state index contributed by atoms with van der Waals surface area (Å²) >= 11 is 1.56. The number of aromatic nitrogens is 1. The fourth-order valence-corrected chi connectivity index (χ4v) is 6.80. The molecule has 5 atom stereocenters. The molecule has 1 fully saturated rings. The van der Waals surface area contributed by atoms with Gasteiger partial charge in [0.1, 0.15) is 12.7 Å². The van der Waals surface area contributed by atoms with Gasteiger partial charge >= 0.3 is 23.9 Å². The second-order valence-corrected chi connectivity index (χ2v) is 11.9. The number of nitriles is 1. The smallest absolute Gasteiger partial charge is 0.303 e. The van der Waals surface area contributed by atoms with Crippen LogP contribution in [0.25, 0.3) is 21.3 Å². The first kappa shape index (κ1) is 28.3. The third kappa shape index (κ3) is 7.53. The van der Waals surface area contributed by atoms with E-state index < -0.39 is 88.7 Å². The highest BCUT2D eigenvalue weighted by Gasteiger charge is 2.53. The number of carbonyl (C=O) groups is 4. The van der Waals surface area contributed by atoms with Gasteiger partial charge in [-0.2, -0.15) is 5.26 Å². The second kappa shape index (κ2) is 14.2. The summed E-state index contributed by atoms with van der Waals surface area (Å²) in [6.45, 7) is -1.81. The van der Waals surface area contributed by atoms with E-state index in [9.17, 15) is 24.4 Å². The molecule has 2 aromatic carbocycles. The van der Waals surface area contributed by atoms with Crippen LogP contribution in [0, 0.1) is 18.3 Å². The quantitative estimate of drug-likeness (QED) is 0.169. The predicted octanol–water partition coefficient (Wildman–Crippen LogP) is 5.40. The van der Waals surface area contributed by atoms with Crippen LogP contribution in [0.15, 0.2) is 60.8 Å². The lowest BCUT2D eigenvalue weighted by Gasteiger charge is -2.44. The Labute approximate surface area is 281 Å². The van der Waals surface area contributed by atoms with Crippen LogP contribution in [-0.4, -0.2) is 59.5 Å². The van der Waals surface area contributed by atoms with Crippen molar-refractivity contribution in [3.8, 4) is 16.5 Å². The summed E-state index contributed by atoms with van der Waals surface area (Å²) in [6, 6.07) is 19.0. The molecule has 3 heterocycles. The Morgan fingerprint density at radius 3 is 2.34 bits per heavy atom. The first-order chi connectivity index (χ1) is 24.6. The Hall–Kier alpha value is -4.99. The number of ether oxygens (including phenoxy) is 5. The summed E-state index contributed by atoms with van der Waals surface area (Å²) < 4.78 is 60.0. The van der Waals surface area contributed by atoms with Crippen LogP contribution < -0.4 is 0 Å². The lowest BCUT2D eigenvalue weighted by molar-refractivity contribution is -0.267. The topological polar surface area (TPSA) is 143 Å². The fraction of sp³-hybridized carbons (Fsp3) is 0.343. The number of aryl methyl sites for hydroxylation is 1. The van der Waals surface area contributed by atoms with E-state index in [2.05, 4.69) is 6.07 Å². The molecule has 4 aromatic rings. The Balaban J connectivity index is 1.62. The van der Waals surface area contributed by atoms with Gasteiger partial charge in [0.15, 0.2) is 24.5 Å². The average Bonchev–Trinajstić information content (AvgIpc) is 3.77. The Morgan fingerprint density at radius 1 is 0.915 bits per heavy atom. The van der Waals surface area contributed by atoms with Crippen molar-refractivity contribution in [2.75, 3.05) is 6.61 Å². The van der Waals surface area contributed by atoms with E-state index in [1.807, 2.05) is 55.5 Å².